The van der Waals surface area contributed by atoms with Gasteiger partial charge in [0, 0.05) is 17.0 Å². The summed E-state index contributed by atoms with van der Waals surface area (Å²) in [6.45, 7) is 13.4. The predicted molar refractivity (Wildman–Crippen MR) is 129 cm³/mol. The van der Waals surface area contributed by atoms with Gasteiger partial charge in [0.1, 0.15) is 6.23 Å². The monoisotopic (exact) mass is 465 g/mol. The molecule has 5 rings (SSSR count). The zero-order valence-electron chi connectivity index (χ0n) is 21.7. The molecule has 1 heterocycles. The first-order chi connectivity index (χ1) is 15.8. The standard InChI is InChI=1S/C27H47NO.CHFO2/c1-6-17(2)16-28-25-18(3)24-23(29-25)15-22-20-11-10-19-9-7-8-13-26(19,4)21(20)12-14-27(22,24)5;2-4-1-3/h17-25,28H,6-16H2,1-5H3;1H/t17-,18-,19?,20+,21?,22?,23-,24?,25-,26-,27-;/m0./s1. The van der Waals surface area contributed by atoms with Crippen LogP contribution >= 0.6 is 0 Å². The van der Waals surface area contributed by atoms with Gasteiger partial charge in [0.25, 0.3) is 0 Å². The summed E-state index contributed by atoms with van der Waals surface area (Å²) in [6, 6.07) is 0. The molecule has 0 spiro atoms. The molecule has 1 N–H and O–H groups in total. The van der Waals surface area contributed by atoms with Gasteiger partial charge in [-0.05, 0) is 91.3 Å². The second-order valence-corrected chi connectivity index (χ2v) is 12.8. The quantitative estimate of drug-likeness (QED) is 0.460. The van der Waals surface area contributed by atoms with E-state index in [1.165, 1.54) is 64.2 Å². The molecule has 0 aromatic carbocycles. The molecule has 0 radical (unpaired) electrons. The normalized spacial score (nSPS) is 48.9. The minimum Gasteiger partial charge on any atom is -0.360 e. The van der Waals surface area contributed by atoms with Crippen molar-refractivity contribution in [3.8, 4) is 0 Å². The number of nitrogens with one attached hydrogen (secondary N) is 1. The summed E-state index contributed by atoms with van der Waals surface area (Å²) in [5, 5.41) is 3.80. The molecule has 0 bridgehead atoms. The summed E-state index contributed by atoms with van der Waals surface area (Å²) < 4.78 is 16.6. The molecule has 1 aliphatic heterocycles. The van der Waals surface area contributed by atoms with Crippen LogP contribution in [0, 0.1) is 52.3 Å². The van der Waals surface area contributed by atoms with Crippen LogP contribution in [0.5, 0.6) is 0 Å². The van der Waals surface area contributed by atoms with Gasteiger partial charge in [-0.2, -0.15) is 0 Å². The van der Waals surface area contributed by atoms with Crippen LogP contribution in [0.1, 0.15) is 98.8 Å². The Hall–Kier alpha value is -0.680. The summed E-state index contributed by atoms with van der Waals surface area (Å²) in [4.78, 5) is 10.9. The number of hydrogen-bond acceptors (Lipinski definition) is 4. The first-order valence-electron chi connectivity index (χ1n) is 13.9. The maximum Gasteiger partial charge on any atom is 0.337 e. The van der Waals surface area contributed by atoms with Crippen molar-refractivity contribution < 1.29 is 19.0 Å². The lowest BCUT2D eigenvalue weighted by Gasteiger charge is -2.60. The van der Waals surface area contributed by atoms with Gasteiger partial charge >= 0.3 is 6.47 Å². The number of carbonyl (C=O) groups is 1. The van der Waals surface area contributed by atoms with Crippen molar-refractivity contribution in [1.29, 1.82) is 0 Å². The van der Waals surface area contributed by atoms with Crippen molar-refractivity contribution in [2.45, 2.75) is 111 Å². The van der Waals surface area contributed by atoms with Gasteiger partial charge < -0.3 is 4.74 Å². The number of hydrogen-bond donors (Lipinski definition) is 1. The smallest absolute Gasteiger partial charge is 0.337 e. The van der Waals surface area contributed by atoms with E-state index in [0.29, 0.717) is 29.1 Å². The summed E-state index contributed by atoms with van der Waals surface area (Å²) >= 11 is 0. The lowest BCUT2D eigenvalue weighted by atomic mass is 9.44. The second kappa shape index (κ2) is 10.1. The fourth-order valence-corrected chi connectivity index (χ4v) is 9.60. The van der Waals surface area contributed by atoms with Gasteiger partial charge in [-0.1, -0.05) is 53.9 Å². The van der Waals surface area contributed by atoms with E-state index in [0.717, 1.165) is 42.1 Å². The fraction of sp³-hybridized carbons (Fsp3) is 0.964. The predicted octanol–water partition coefficient (Wildman–Crippen LogP) is 6.69. The van der Waals surface area contributed by atoms with E-state index in [-0.39, 0.29) is 6.47 Å². The van der Waals surface area contributed by atoms with Crippen LogP contribution in [0.15, 0.2) is 0 Å². The Labute approximate surface area is 201 Å². The van der Waals surface area contributed by atoms with E-state index in [4.69, 9.17) is 9.53 Å². The molecule has 5 aliphatic rings. The van der Waals surface area contributed by atoms with Gasteiger partial charge in [-0.3, -0.25) is 15.1 Å². The lowest BCUT2D eigenvalue weighted by Crippen LogP contribution is -2.53. The number of fused-ring (bicyclic) bond motifs is 7. The molecule has 5 fully saturated rings. The zero-order chi connectivity index (χ0) is 23.8. The first-order valence-corrected chi connectivity index (χ1v) is 13.9. The van der Waals surface area contributed by atoms with Crippen LogP contribution in [0.2, 0.25) is 0 Å². The largest absolute Gasteiger partial charge is 0.360 e. The van der Waals surface area contributed by atoms with Crippen LogP contribution in [-0.2, 0) is 14.5 Å². The van der Waals surface area contributed by atoms with E-state index in [9.17, 15) is 4.53 Å². The van der Waals surface area contributed by atoms with E-state index >= 15 is 0 Å². The summed E-state index contributed by atoms with van der Waals surface area (Å²) in [6.07, 6.45) is 15.5. The topological polar surface area (TPSA) is 47.6 Å². The van der Waals surface area contributed by atoms with Gasteiger partial charge in [0.15, 0.2) is 0 Å². The molecule has 0 aromatic heterocycles. The van der Waals surface area contributed by atoms with Crippen LogP contribution in [0.25, 0.3) is 0 Å². The van der Waals surface area contributed by atoms with Crippen molar-refractivity contribution >= 4 is 6.47 Å². The summed E-state index contributed by atoms with van der Waals surface area (Å²) in [5.74, 6) is 6.14. The van der Waals surface area contributed by atoms with Gasteiger partial charge in [0.2, 0.25) is 0 Å². The van der Waals surface area contributed by atoms with Crippen LogP contribution in [-0.4, -0.2) is 25.3 Å². The first kappa shape index (κ1) is 25.4. The Bertz CT molecular complexity index is 676. The summed E-state index contributed by atoms with van der Waals surface area (Å²) in [5.41, 5.74) is 1.18. The third-order valence-corrected chi connectivity index (χ3v) is 11.4. The number of rotatable bonds is 5. The Balaban J connectivity index is 0.000000601. The Morgan fingerprint density at radius 3 is 2.58 bits per heavy atom. The second-order valence-electron chi connectivity index (χ2n) is 12.8. The van der Waals surface area contributed by atoms with Gasteiger partial charge in [-0.25, -0.2) is 0 Å². The van der Waals surface area contributed by atoms with E-state index < -0.39 is 0 Å². The van der Waals surface area contributed by atoms with Crippen molar-refractivity contribution in [3.05, 3.63) is 0 Å². The third-order valence-electron chi connectivity index (χ3n) is 11.4. The molecule has 4 nitrogen and oxygen atoms in total. The number of carbonyl (C=O) groups excluding carboxylic acids is 1. The van der Waals surface area contributed by atoms with Gasteiger partial charge in [0.05, 0.1) is 6.10 Å². The third kappa shape index (κ3) is 4.39. The molecule has 0 aromatic rings. The molecule has 190 valence electrons. The Kier molecular flexibility index (Phi) is 7.80. The SMILES string of the molecule is CC[C@H](C)CN[C@H]1O[C@H]2CC3[C@@H]4CCC5CCCC[C@]5(C)C4CC[C@]3(C)C2[C@@H]1C.O=COF. The van der Waals surface area contributed by atoms with Crippen molar-refractivity contribution in [1.82, 2.24) is 5.32 Å². The number of halogens is 1. The molecule has 1 saturated heterocycles. The average Bonchev–Trinajstić information content (AvgIpc) is 3.30. The minimum absolute atomic E-state index is 0.292. The van der Waals surface area contributed by atoms with E-state index in [2.05, 4.69) is 44.9 Å². The highest BCUT2D eigenvalue weighted by Crippen LogP contribution is 2.69. The molecule has 11 atom stereocenters. The highest BCUT2D eigenvalue weighted by molar-refractivity contribution is 5.35. The maximum absolute atomic E-state index is 9.85. The molecule has 4 unspecified atom stereocenters. The molecule has 4 aliphatic carbocycles. The molecular weight excluding hydrogens is 417 g/mol. The van der Waals surface area contributed by atoms with Gasteiger partial charge in [-0.15, -0.1) is 0 Å². The maximum atomic E-state index is 9.85. The highest BCUT2D eigenvalue weighted by Gasteiger charge is 2.65. The fourth-order valence-electron chi connectivity index (χ4n) is 9.60. The summed E-state index contributed by atoms with van der Waals surface area (Å²) in [7, 11) is 0. The molecule has 33 heavy (non-hydrogen) atoms. The zero-order valence-corrected chi connectivity index (χ0v) is 21.7. The molecule has 4 saturated carbocycles. The Morgan fingerprint density at radius 1 is 1.12 bits per heavy atom. The molecule has 0 amide bonds. The Morgan fingerprint density at radius 2 is 1.88 bits per heavy atom. The van der Waals surface area contributed by atoms with E-state index in [1.54, 1.807) is 0 Å². The van der Waals surface area contributed by atoms with E-state index in [1.807, 2.05) is 0 Å². The lowest BCUT2D eigenvalue weighted by molar-refractivity contribution is -0.165. The number of ether oxygens (including phenoxy) is 1. The molecule has 5 heteroatoms. The van der Waals surface area contributed by atoms with Crippen molar-refractivity contribution in [3.63, 3.8) is 0 Å². The average molecular weight is 466 g/mol. The van der Waals surface area contributed by atoms with Crippen molar-refractivity contribution in [2.75, 3.05) is 6.54 Å². The van der Waals surface area contributed by atoms with Crippen molar-refractivity contribution in [2.24, 2.45) is 52.3 Å². The highest BCUT2D eigenvalue weighted by atomic mass is 19.3. The molecular formula is C28H48FNO3. The van der Waals surface area contributed by atoms with Crippen LogP contribution in [0.3, 0.4) is 0 Å². The minimum atomic E-state index is -0.292. The van der Waals surface area contributed by atoms with Crippen LogP contribution in [0.4, 0.5) is 4.53 Å². The van der Waals surface area contributed by atoms with Crippen LogP contribution < -0.4 is 5.32 Å².